The van der Waals surface area contributed by atoms with E-state index in [-0.39, 0.29) is 24.9 Å². The van der Waals surface area contributed by atoms with Crippen LogP contribution < -0.4 is 5.32 Å². The van der Waals surface area contributed by atoms with Crippen molar-refractivity contribution in [2.24, 2.45) is 5.92 Å². The largest absolute Gasteiger partial charge is 0.389 e. The van der Waals surface area contributed by atoms with Gasteiger partial charge in [0.2, 0.25) is 5.91 Å². The van der Waals surface area contributed by atoms with Crippen molar-refractivity contribution in [3.05, 3.63) is 41.7 Å². The van der Waals surface area contributed by atoms with E-state index in [1.54, 1.807) is 19.1 Å². The van der Waals surface area contributed by atoms with Gasteiger partial charge < -0.3 is 15.2 Å². The van der Waals surface area contributed by atoms with Crippen molar-refractivity contribution < 1.29 is 19.0 Å². The molecule has 2 rings (SSSR count). The second-order valence-corrected chi connectivity index (χ2v) is 5.72. The van der Waals surface area contributed by atoms with Gasteiger partial charge in [0.15, 0.2) is 0 Å². The number of amides is 1. The number of halogens is 1. The van der Waals surface area contributed by atoms with Crippen LogP contribution in [0.4, 0.5) is 4.39 Å². The van der Waals surface area contributed by atoms with Gasteiger partial charge in [-0.3, -0.25) is 4.79 Å². The summed E-state index contributed by atoms with van der Waals surface area (Å²) in [4.78, 5) is 11.8. The second kappa shape index (κ2) is 8.06. The molecule has 1 unspecified atom stereocenters. The molecule has 0 spiro atoms. The summed E-state index contributed by atoms with van der Waals surface area (Å²) in [7, 11) is 0. The lowest BCUT2D eigenvalue weighted by atomic mass is 10.1. The fourth-order valence-corrected chi connectivity index (χ4v) is 2.00. The first-order valence-corrected chi connectivity index (χ1v) is 7.52. The maximum Gasteiger partial charge on any atom is 0.244 e. The van der Waals surface area contributed by atoms with Crippen LogP contribution in [0.2, 0.25) is 0 Å². The van der Waals surface area contributed by atoms with Crippen molar-refractivity contribution in [2.45, 2.75) is 25.9 Å². The molecule has 0 aromatic heterocycles. The van der Waals surface area contributed by atoms with Gasteiger partial charge in [-0.05, 0) is 49.0 Å². The minimum absolute atomic E-state index is 0.135. The average Bonchev–Trinajstić information content (AvgIpc) is 3.29. The fraction of sp³-hybridized carbons (Fsp3) is 0.471. The Bertz CT molecular complexity index is 540. The van der Waals surface area contributed by atoms with Gasteiger partial charge in [-0.25, -0.2) is 4.39 Å². The van der Waals surface area contributed by atoms with Crippen molar-refractivity contribution in [1.29, 1.82) is 0 Å². The Labute approximate surface area is 130 Å². The summed E-state index contributed by atoms with van der Waals surface area (Å²) >= 11 is 0. The first-order chi connectivity index (χ1) is 10.5. The van der Waals surface area contributed by atoms with Crippen LogP contribution in [0.25, 0.3) is 5.57 Å². The number of carbonyl (C=O) groups is 1. The lowest BCUT2D eigenvalue weighted by Crippen LogP contribution is -2.33. The molecule has 1 fully saturated rings. The molecule has 1 aromatic carbocycles. The Morgan fingerprint density at radius 3 is 3.00 bits per heavy atom. The third kappa shape index (κ3) is 5.95. The highest BCUT2D eigenvalue weighted by atomic mass is 19.1. The number of rotatable bonds is 8. The van der Waals surface area contributed by atoms with Gasteiger partial charge in [0.25, 0.3) is 0 Å². The number of aliphatic hydroxyl groups is 1. The average molecular weight is 307 g/mol. The fourth-order valence-electron chi connectivity index (χ4n) is 2.00. The van der Waals surface area contributed by atoms with Gasteiger partial charge in [0.05, 0.1) is 12.7 Å². The summed E-state index contributed by atoms with van der Waals surface area (Å²) in [5.41, 5.74) is 1.32. The normalized spacial score (nSPS) is 16.4. The van der Waals surface area contributed by atoms with E-state index in [0.717, 1.165) is 0 Å². The quantitative estimate of drug-likeness (QED) is 0.723. The molecule has 2 N–H and O–H groups in total. The lowest BCUT2D eigenvalue weighted by Gasteiger charge is -2.11. The molecule has 120 valence electrons. The molecule has 1 aliphatic carbocycles. The molecular formula is C17H22FNO3. The van der Waals surface area contributed by atoms with Gasteiger partial charge in [-0.2, -0.15) is 0 Å². The molecule has 4 nitrogen and oxygen atoms in total. The maximum atomic E-state index is 13.1. The van der Waals surface area contributed by atoms with Crippen LogP contribution in [0.5, 0.6) is 0 Å². The molecule has 1 aromatic rings. The van der Waals surface area contributed by atoms with E-state index >= 15 is 0 Å². The molecule has 0 saturated heterocycles. The third-order valence-corrected chi connectivity index (χ3v) is 3.50. The van der Waals surface area contributed by atoms with Gasteiger partial charge in [0.1, 0.15) is 5.82 Å². The predicted molar refractivity (Wildman–Crippen MR) is 82.6 cm³/mol. The van der Waals surface area contributed by atoms with Gasteiger partial charge >= 0.3 is 0 Å². The lowest BCUT2D eigenvalue weighted by molar-refractivity contribution is -0.117. The first kappa shape index (κ1) is 16.6. The smallest absolute Gasteiger partial charge is 0.244 e. The summed E-state index contributed by atoms with van der Waals surface area (Å²) in [5.74, 6) is -0.00413. The number of hydrogen-bond donors (Lipinski definition) is 2. The van der Waals surface area contributed by atoms with E-state index in [0.29, 0.717) is 23.7 Å². The van der Waals surface area contributed by atoms with E-state index in [1.165, 1.54) is 31.1 Å². The van der Waals surface area contributed by atoms with Crippen LogP contribution in [0, 0.1) is 11.7 Å². The van der Waals surface area contributed by atoms with Gasteiger partial charge in [0, 0.05) is 19.2 Å². The standard InChI is InChI=1S/C17H22FNO3/c1-12(14-3-2-4-15(18)8-14)7-17(21)19-9-16(20)11-22-10-13-5-6-13/h2-4,7-8,13,16,20H,5-6,9-11H2,1H3,(H,19,21). The summed E-state index contributed by atoms with van der Waals surface area (Å²) in [5, 5.41) is 12.3. The molecule has 0 heterocycles. The number of allylic oxidation sites excluding steroid dienone is 1. The second-order valence-electron chi connectivity index (χ2n) is 5.72. The van der Waals surface area contributed by atoms with Crippen LogP contribution in [0.3, 0.4) is 0 Å². The third-order valence-electron chi connectivity index (χ3n) is 3.50. The molecule has 1 aliphatic rings. The molecule has 5 heteroatoms. The number of nitrogens with one attached hydrogen (secondary N) is 1. The Balaban J connectivity index is 1.72. The monoisotopic (exact) mass is 307 g/mol. The van der Waals surface area contributed by atoms with E-state index in [4.69, 9.17) is 4.74 Å². The highest BCUT2D eigenvalue weighted by Gasteiger charge is 2.21. The number of hydrogen-bond acceptors (Lipinski definition) is 3. The highest BCUT2D eigenvalue weighted by molar-refractivity contribution is 5.94. The molecule has 0 bridgehead atoms. The zero-order chi connectivity index (χ0) is 15.9. The summed E-state index contributed by atoms with van der Waals surface area (Å²) in [6.45, 7) is 2.78. The van der Waals surface area contributed by atoms with Crippen molar-refractivity contribution in [3.63, 3.8) is 0 Å². The predicted octanol–water partition coefficient (Wildman–Crippen LogP) is 2.13. The molecular weight excluding hydrogens is 285 g/mol. The topological polar surface area (TPSA) is 58.6 Å². The molecule has 0 aliphatic heterocycles. The molecule has 0 radical (unpaired) electrons. The SMILES string of the molecule is CC(=CC(=O)NCC(O)COCC1CC1)c1cccc(F)c1. The summed E-state index contributed by atoms with van der Waals surface area (Å²) in [6, 6.07) is 6.07. The number of carbonyl (C=O) groups excluding carboxylic acids is 1. The summed E-state index contributed by atoms with van der Waals surface area (Å²) < 4.78 is 18.5. The number of benzene rings is 1. The Morgan fingerprint density at radius 2 is 2.32 bits per heavy atom. The zero-order valence-electron chi connectivity index (χ0n) is 12.7. The van der Waals surface area contributed by atoms with Gasteiger partial charge in [-0.1, -0.05) is 12.1 Å². The van der Waals surface area contributed by atoms with Crippen LogP contribution in [0.1, 0.15) is 25.3 Å². The van der Waals surface area contributed by atoms with Crippen LogP contribution >= 0.6 is 0 Å². The molecule has 1 atom stereocenters. The number of ether oxygens (including phenoxy) is 1. The molecule has 1 saturated carbocycles. The number of aliphatic hydroxyl groups excluding tert-OH is 1. The van der Waals surface area contributed by atoms with Crippen LogP contribution in [0.15, 0.2) is 30.3 Å². The minimum Gasteiger partial charge on any atom is -0.389 e. The Hall–Kier alpha value is -1.72. The Morgan fingerprint density at radius 1 is 1.55 bits per heavy atom. The van der Waals surface area contributed by atoms with Crippen LogP contribution in [-0.2, 0) is 9.53 Å². The van der Waals surface area contributed by atoms with Crippen molar-refractivity contribution in [3.8, 4) is 0 Å². The first-order valence-electron chi connectivity index (χ1n) is 7.52. The zero-order valence-corrected chi connectivity index (χ0v) is 12.7. The Kier molecular flexibility index (Phi) is 6.10. The van der Waals surface area contributed by atoms with Crippen LogP contribution in [-0.4, -0.2) is 36.9 Å². The van der Waals surface area contributed by atoms with E-state index in [2.05, 4.69) is 5.32 Å². The van der Waals surface area contributed by atoms with E-state index in [9.17, 15) is 14.3 Å². The van der Waals surface area contributed by atoms with E-state index in [1.807, 2.05) is 0 Å². The van der Waals surface area contributed by atoms with E-state index < -0.39 is 6.10 Å². The van der Waals surface area contributed by atoms with Gasteiger partial charge in [-0.15, -0.1) is 0 Å². The molecule has 22 heavy (non-hydrogen) atoms. The van der Waals surface area contributed by atoms with Crippen molar-refractivity contribution in [1.82, 2.24) is 5.32 Å². The molecule has 1 amide bonds. The summed E-state index contributed by atoms with van der Waals surface area (Å²) in [6.07, 6.45) is 3.09. The van der Waals surface area contributed by atoms with Crippen molar-refractivity contribution >= 4 is 11.5 Å². The van der Waals surface area contributed by atoms with Crippen molar-refractivity contribution in [2.75, 3.05) is 19.8 Å². The minimum atomic E-state index is -0.717. The maximum absolute atomic E-state index is 13.1. The highest BCUT2D eigenvalue weighted by Crippen LogP contribution is 2.28.